The summed E-state index contributed by atoms with van der Waals surface area (Å²) in [6, 6.07) is 0. The van der Waals surface area contributed by atoms with Crippen molar-refractivity contribution in [2.24, 2.45) is 0 Å². The van der Waals surface area contributed by atoms with Gasteiger partial charge in [-0.1, -0.05) is 154 Å². The van der Waals surface area contributed by atoms with Gasteiger partial charge >= 0.3 is 17.9 Å². The van der Waals surface area contributed by atoms with Crippen molar-refractivity contribution in [2.45, 2.75) is 200 Å². The monoisotopic (exact) mass is 675 g/mol. The summed E-state index contributed by atoms with van der Waals surface area (Å²) in [6.07, 6.45) is 40.3. The Labute approximate surface area is 295 Å². The quantitative estimate of drug-likeness (QED) is 0.0288. The Bertz CT molecular complexity index is 830. The van der Waals surface area contributed by atoms with Crippen molar-refractivity contribution in [1.82, 2.24) is 0 Å². The standard InChI is InChI=1S/C42H74O6/c1-4-7-10-13-15-16-17-18-19-20-21-22-23-24-25-26-27-30-32-35-41(44)47-38-39(37-46-40(43)34-31-28-12-9-6-3)48-42(45)36-33-29-14-11-8-5-2/h15-16,18-19,21-22,39H,4-14,17,20,23-38H2,1-3H3/b16-15-,19-18-,22-21-. The summed E-state index contributed by atoms with van der Waals surface area (Å²) in [5, 5.41) is 0. The second kappa shape index (κ2) is 37.4. The first-order valence-corrected chi connectivity index (χ1v) is 20.0. The highest BCUT2D eigenvalue weighted by molar-refractivity contribution is 5.71. The Morgan fingerprint density at radius 3 is 1.21 bits per heavy atom. The fourth-order valence-corrected chi connectivity index (χ4v) is 5.33. The van der Waals surface area contributed by atoms with Gasteiger partial charge in [0.05, 0.1) is 0 Å². The topological polar surface area (TPSA) is 78.9 Å². The molecule has 0 saturated carbocycles. The molecule has 278 valence electrons. The Morgan fingerprint density at radius 1 is 0.417 bits per heavy atom. The summed E-state index contributed by atoms with van der Waals surface area (Å²) in [5.74, 6) is -0.919. The van der Waals surface area contributed by atoms with Crippen LogP contribution in [0.2, 0.25) is 0 Å². The van der Waals surface area contributed by atoms with Crippen LogP contribution in [0.15, 0.2) is 36.5 Å². The number of ether oxygens (including phenoxy) is 3. The zero-order valence-corrected chi connectivity index (χ0v) is 31.5. The molecule has 0 N–H and O–H groups in total. The molecule has 0 aromatic carbocycles. The van der Waals surface area contributed by atoms with Crippen molar-refractivity contribution in [2.75, 3.05) is 13.2 Å². The van der Waals surface area contributed by atoms with Crippen molar-refractivity contribution in [3.63, 3.8) is 0 Å². The summed E-state index contributed by atoms with van der Waals surface area (Å²) in [6.45, 7) is 6.43. The number of unbranched alkanes of at least 4 members (excludes halogenated alkanes) is 18. The SMILES string of the molecule is CCCCC/C=C\C/C=C\C/C=C\CCCCCCCCC(=O)OCC(COC(=O)CCCCCCC)OC(=O)CCCCCCCC. The third-order valence-electron chi connectivity index (χ3n) is 8.40. The third-order valence-corrected chi connectivity index (χ3v) is 8.40. The second-order valence-electron chi connectivity index (χ2n) is 13.2. The first kappa shape index (κ1) is 45.6. The molecular formula is C42H74O6. The third kappa shape index (κ3) is 35.0. The van der Waals surface area contributed by atoms with E-state index in [1.165, 1.54) is 70.6 Å². The molecule has 48 heavy (non-hydrogen) atoms. The van der Waals surface area contributed by atoms with Gasteiger partial charge in [-0.05, 0) is 57.8 Å². The van der Waals surface area contributed by atoms with Crippen molar-refractivity contribution in [3.05, 3.63) is 36.5 Å². The van der Waals surface area contributed by atoms with Crippen LogP contribution in [0.3, 0.4) is 0 Å². The normalized spacial score (nSPS) is 12.3. The molecule has 0 aliphatic carbocycles. The molecule has 1 atom stereocenters. The van der Waals surface area contributed by atoms with Gasteiger partial charge < -0.3 is 14.2 Å². The first-order valence-electron chi connectivity index (χ1n) is 20.0. The maximum absolute atomic E-state index is 12.5. The summed E-state index contributed by atoms with van der Waals surface area (Å²) in [7, 11) is 0. The number of rotatable bonds is 35. The predicted molar refractivity (Wildman–Crippen MR) is 201 cm³/mol. The maximum Gasteiger partial charge on any atom is 0.306 e. The average Bonchev–Trinajstić information content (AvgIpc) is 3.08. The maximum atomic E-state index is 12.5. The van der Waals surface area contributed by atoms with Crippen LogP contribution in [0, 0.1) is 0 Å². The smallest absolute Gasteiger partial charge is 0.306 e. The van der Waals surface area contributed by atoms with Gasteiger partial charge in [-0.15, -0.1) is 0 Å². The molecule has 0 saturated heterocycles. The highest BCUT2D eigenvalue weighted by atomic mass is 16.6. The zero-order valence-electron chi connectivity index (χ0n) is 31.5. The number of hydrogen-bond acceptors (Lipinski definition) is 6. The van der Waals surface area contributed by atoms with Crippen LogP contribution in [0.4, 0.5) is 0 Å². The molecule has 0 fully saturated rings. The molecule has 6 heteroatoms. The van der Waals surface area contributed by atoms with Gasteiger partial charge in [-0.3, -0.25) is 14.4 Å². The van der Waals surface area contributed by atoms with E-state index in [9.17, 15) is 14.4 Å². The van der Waals surface area contributed by atoms with E-state index in [0.717, 1.165) is 83.5 Å². The fraction of sp³-hybridized carbons (Fsp3) is 0.786. The van der Waals surface area contributed by atoms with Crippen LogP contribution in [0.25, 0.3) is 0 Å². The number of carbonyl (C=O) groups is 3. The Kier molecular flexibility index (Phi) is 35.6. The minimum absolute atomic E-state index is 0.0773. The summed E-state index contributed by atoms with van der Waals surface area (Å²) < 4.78 is 16.4. The van der Waals surface area contributed by atoms with Crippen LogP contribution in [-0.2, 0) is 28.6 Å². The van der Waals surface area contributed by atoms with Gasteiger partial charge in [-0.25, -0.2) is 0 Å². The van der Waals surface area contributed by atoms with E-state index in [4.69, 9.17) is 14.2 Å². The zero-order chi connectivity index (χ0) is 35.2. The van der Waals surface area contributed by atoms with E-state index in [0.29, 0.717) is 19.3 Å². The van der Waals surface area contributed by atoms with Crippen LogP contribution >= 0.6 is 0 Å². The molecule has 0 rings (SSSR count). The van der Waals surface area contributed by atoms with Gasteiger partial charge in [0.25, 0.3) is 0 Å². The molecule has 6 nitrogen and oxygen atoms in total. The minimum Gasteiger partial charge on any atom is -0.462 e. The minimum atomic E-state index is -0.766. The lowest BCUT2D eigenvalue weighted by Crippen LogP contribution is -2.30. The van der Waals surface area contributed by atoms with Crippen molar-refractivity contribution in [1.29, 1.82) is 0 Å². The van der Waals surface area contributed by atoms with E-state index in [-0.39, 0.29) is 31.1 Å². The Hall–Kier alpha value is -2.37. The number of carbonyl (C=O) groups excluding carboxylic acids is 3. The van der Waals surface area contributed by atoms with E-state index >= 15 is 0 Å². The first-order chi connectivity index (χ1) is 23.5. The molecule has 1 unspecified atom stereocenters. The molecule has 0 aromatic rings. The Morgan fingerprint density at radius 2 is 0.750 bits per heavy atom. The molecule has 0 aromatic heterocycles. The van der Waals surface area contributed by atoms with Gasteiger partial charge in [0.2, 0.25) is 0 Å². The highest BCUT2D eigenvalue weighted by Gasteiger charge is 2.19. The summed E-state index contributed by atoms with van der Waals surface area (Å²) in [5.41, 5.74) is 0. The summed E-state index contributed by atoms with van der Waals surface area (Å²) >= 11 is 0. The van der Waals surface area contributed by atoms with Gasteiger partial charge in [-0.2, -0.15) is 0 Å². The second-order valence-corrected chi connectivity index (χ2v) is 13.2. The number of allylic oxidation sites excluding steroid dienone is 6. The number of hydrogen-bond donors (Lipinski definition) is 0. The molecule has 0 aliphatic rings. The lowest BCUT2D eigenvalue weighted by molar-refractivity contribution is -0.167. The molecule has 0 heterocycles. The molecule has 0 amide bonds. The molecule has 0 spiro atoms. The Balaban J connectivity index is 4.14. The fourth-order valence-electron chi connectivity index (χ4n) is 5.33. The van der Waals surface area contributed by atoms with Gasteiger partial charge in [0.15, 0.2) is 6.10 Å². The molecule has 0 aliphatic heterocycles. The highest BCUT2D eigenvalue weighted by Crippen LogP contribution is 2.12. The van der Waals surface area contributed by atoms with E-state index in [2.05, 4.69) is 57.2 Å². The molecule has 0 bridgehead atoms. The summed E-state index contributed by atoms with van der Waals surface area (Å²) in [4.78, 5) is 37.1. The van der Waals surface area contributed by atoms with Crippen molar-refractivity contribution >= 4 is 17.9 Å². The van der Waals surface area contributed by atoms with Crippen LogP contribution in [-0.4, -0.2) is 37.2 Å². The van der Waals surface area contributed by atoms with Crippen LogP contribution < -0.4 is 0 Å². The van der Waals surface area contributed by atoms with Crippen LogP contribution in [0.5, 0.6) is 0 Å². The van der Waals surface area contributed by atoms with Gasteiger partial charge in [0.1, 0.15) is 13.2 Å². The van der Waals surface area contributed by atoms with Crippen molar-refractivity contribution < 1.29 is 28.6 Å². The molecular weight excluding hydrogens is 600 g/mol. The lowest BCUT2D eigenvalue weighted by atomic mass is 10.1. The average molecular weight is 675 g/mol. The predicted octanol–water partition coefficient (Wildman–Crippen LogP) is 12.2. The van der Waals surface area contributed by atoms with E-state index in [1.54, 1.807) is 0 Å². The largest absolute Gasteiger partial charge is 0.462 e. The molecule has 0 radical (unpaired) electrons. The van der Waals surface area contributed by atoms with Gasteiger partial charge in [0, 0.05) is 19.3 Å². The number of esters is 3. The van der Waals surface area contributed by atoms with Crippen LogP contribution in [0.1, 0.15) is 194 Å². The van der Waals surface area contributed by atoms with E-state index < -0.39 is 6.10 Å². The van der Waals surface area contributed by atoms with Crippen molar-refractivity contribution in [3.8, 4) is 0 Å². The van der Waals surface area contributed by atoms with E-state index in [1.807, 2.05) is 0 Å². The lowest BCUT2D eigenvalue weighted by Gasteiger charge is -2.18.